The highest BCUT2D eigenvalue weighted by Gasteiger charge is 2.06. The zero-order chi connectivity index (χ0) is 8.69. The van der Waals surface area contributed by atoms with Crippen LogP contribution in [0.15, 0.2) is 0 Å². The van der Waals surface area contributed by atoms with Gasteiger partial charge in [0.25, 0.3) is 0 Å². The molecule has 0 aliphatic rings. The summed E-state index contributed by atoms with van der Waals surface area (Å²) >= 11 is 0. The van der Waals surface area contributed by atoms with E-state index in [0.29, 0.717) is 12.0 Å². The fourth-order valence-electron chi connectivity index (χ4n) is 1.00. The third-order valence-electron chi connectivity index (χ3n) is 1.52. The molecule has 0 saturated carbocycles. The van der Waals surface area contributed by atoms with Crippen molar-refractivity contribution in [2.24, 2.45) is 11.8 Å². The molecule has 3 N–H and O–H groups in total. The molecule has 0 rings (SSSR count). The number of nitrogens with two attached hydrogens (primary N) is 1. The number of nitrogens with one attached hydrogen (secondary N) is 1. The molecular weight excluding hydrogens is 136 g/mol. The monoisotopic (exact) mass is 154 g/mol. The maximum atomic E-state index is 5.34. The van der Waals surface area contributed by atoms with Crippen LogP contribution in [0, 0.1) is 17.8 Å². The minimum Gasteiger partial charge on any atom is -0.271 e. The van der Waals surface area contributed by atoms with E-state index >= 15 is 0 Å². The second-order valence-electron chi connectivity index (χ2n) is 3.12. The zero-order valence-corrected chi connectivity index (χ0v) is 7.65. The Kier molecular flexibility index (Phi) is 5.91. The molecule has 0 aromatic carbocycles. The van der Waals surface area contributed by atoms with Gasteiger partial charge in [-0.15, -0.1) is 11.8 Å². The molecule has 0 fully saturated rings. The fraction of sp³-hybridized carbons (Fsp3) is 0.778. The molecule has 2 nitrogen and oxygen atoms in total. The Morgan fingerprint density at radius 2 is 2.09 bits per heavy atom. The average molecular weight is 154 g/mol. The highest BCUT2D eigenvalue weighted by molar-refractivity contribution is 4.97. The van der Waals surface area contributed by atoms with Crippen LogP contribution in [0.4, 0.5) is 0 Å². The number of hydrogen-bond donors (Lipinski definition) is 2. The minimum atomic E-state index is 0.349. The van der Waals surface area contributed by atoms with E-state index in [1.165, 1.54) is 0 Å². The van der Waals surface area contributed by atoms with Gasteiger partial charge >= 0.3 is 0 Å². The second kappa shape index (κ2) is 6.21. The SMILES string of the molecule is CC#CCC(CC(C)C)NN. The average Bonchev–Trinajstić information content (AvgIpc) is 1.97. The van der Waals surface area contributed by atoms with Crippen LogP contribution >= 0.6 is 0 Å². The van der Waals surface area contributed by atoms with Gasteiger partial charge in [0.15, 0.2) is 0 Å². The van der Waals surface area contributed by atoms with E-state index in [1.54, 1.807) is 0 Å². The Bertz CT molecular complexity index is 141. The van der Waals surface area contributed by atoms with Gasteiger partial charge in [0.1, 0.15) is 0 Å². The maximum Gasteiger partial charge on any atom is 0.0322 e. The van der Waals surface area contributed by atoms with Crippen LogP contribution in [0.3, 0.4) is 0 Å². The molecule has 64 valence electrons. The Labute approximate surface area is 69.5 Å². The number of hydrazine groups is 1. The van der Waals surface area contributed by atoms with Gasteiger partial charge in [-0.25, -0.2) is 0 Å². The molecule has 0 spiro atoms. The molecule has 11 heavy (non-hydrogen) atoms. The lowest BCUT2D eigenvalue weighted by Gasteiger charge is -2.14. The van der Waals surface area contributed by atoms with Gasteiger partial charge in [0.05, 0.1) is 0 Å². The molecule has 0 aliphatic heterocycles. The van der Waals surface area contributed by atoms with E-state index in [4.69, 9.17) is 5.84 Å². The Hall–Kier alpha value is -0.520. The van der Waals surface area contributed by atoms with E-state index in [0.717, 1.165) is 12.8 Å². The quantitative estimate of drug-likeness (QED) is 0.363. The molecule has 0 aromatic heterocycles. The predicted octanol–water partition coefficient (Wildman–Crippen LogP) is 1.28. The summed E-state index contributed by atoms with van der Waals surface area (Å²) in [6.07, 6.45) is 1.94. The van der Waals surface area contributed by atoms with Gasteiger partial charge in [0.2, 0.25) is 0 Å². The molecule has 2 heteroatoms. The highest BCUT2D eigenvalue weighted by Crippen LogP contribution is 2.05. The van der Waals surface area contributed by atoms with Crippen molar-refractivity contribution in [1.82, 2.24) is 5.43 Å². The van der Waals surface area contributed by atoms with Crippen LogP contribution in [-0.4, -0.2) is 6.04 Å². The van der Waals surface area contributed by atoms with Crippen LogP contribution in [0.1, 0.15) is 33.6 Å². The lowest BCUT2D eigenvalue weighted by atomic mass is 10.0. The number of hydrogen-bond acceptors (Lipinski definition) is 2. The number of rotatable bonds is 4. The summed E-state index contributed by atoms with van der Waals surface area (Å²) in [5.74, 6) is 11.9. The zero-order valence-electron chi connectivity index (χ0n) is 7.65. The van der Waals surface area contributed by atoms with Crippen LogP contribution in [0.5, 0.6) is 0 Å². The first-order chi connectivity index (χ1) is 5.20. The fourth-order valence-corrected chi connectivity index (χ4v) is 1.00. The van der Waals surface area contributed by atoms with Crippen molar-refractivity contribution >= 4 is 0 Å². The first kappa shape index (κ1) is 10.5. The first-order valence-corrected chi connectivity index (χ1v) is 4.06. The van der Waals surface area contributed by atoms with Crippen molar-refractivity contribution in [2.75, 3.05) is 0 Å². The molecule has 0 radical (unpaired) electrons. The smallest absolute Gasteiger partial charge is 0.0322 e. The van der Waals surface area contributed by atoms with Crippen molar-refractivity contribution in [3.8, 4) is 11.8 Å². The van der Waals surface area contributed by atoms with Gasteiger partial charge in [-0.05, 0) is 19.3 Å². The largest absolute Gasteiger partial charge is 0.271 e. The normalized spacial score (nSPS) is 12.5. The van der Waals surface area contributed by atoms with Crippen LogP contribution in [-0.2, 0) is 0 Å². The second-order valence-corrected chi connectivity index (χ2v) is 3.12. The van der Waals surface area contributed by atoms with E-state index in [-0.39, 0.29) is 0 Å². The van der Waals surface area contributed by atoms with Gasteiger partial charge in [-0.1, -0.05) is 13.8 Å². The summed E-state index contributed by atoms with van der Waals surface area (Å²) in [6, 6.07) is 0.349. The first-order valence-electron chi connectivity index (χ1n) is 4.06. The molecule has 0 aromatic rings. The molecule has 0 heterocycles. The highest BCUT2D eigenvalue weighted by atomic mass is 15.2. The molecule has 0 bridgehead atoms. The van der Waals surface area contributed by atoms with Gasteiger partial charge in [0, 0.05) is 12.5 Å². The lowest BCUT2D eigenvalue weighted by Crippen LogP contribution is -2.35. The van der Waals surface area contributed by atoms with Crippen molar-refractivity contribution in [3.63, 3.8) is 0 Å². The molecular formula is C9H18N2. The Balaban J connectivity index is 3.63. The van der Waals surface area contributed by atoms with E-state index in [1.807, 2.05) is 6.92 Å². The van der Waals surface area contributed by atoms with E-state index < -0.39 is 0 Å². The van der Waals surface area contributed by atoms with Crippen molar-refractivity contribution in [3.05, 3.63) is 0 Å². The van der Waals surface area contributed by atoms with Crippen LogP contribution in [0.25, 0.3) is 0 Å². The van der Waals surface area contributed by atoms with Gasteiger partial charge in [-0.3, -0.25) is 11.3 Å². The molecule has 0 aliphatic carbocycles. The third-order valence-corrected chi connectivity index (χ3v) is 1.52. The molecule has 1 atom stereocenters. The topological polar surface area (TPSA) is 38.0 Å². The predicted molar refractivity (Wildman–Crippen MR) is 48.6 cm³/mol. The van der Waals surface area contributed by atoms with Crippen molar-refractivity contribution < 1.29 is 0 Å². The summed E-state index contributed by atoms with van der Waals surface area (Å²) in [4.78, 5) is 0. The lowest BCUT2D eigenvalue weighted by molar-refractivity contribution is 0.431. The molecule has 0 saturated heterocycles. The van der Waals surface area contributed by atoms with Crippen molar-refractivity contribution in [1.29, 1.82) is 0 Å². The molecule has 0 amide bonds. The summed E-state index contributed by atoms with van der Waals surface area (Å²) in [7, 11) is 0. The summed E-state index contributed by atoms with van der Waals surface area (Å²) in [5, 5.41) is 0. The minimum absolute atomic E-state index is 0.349. The summed E-state index contributed by atoms with van der Waals surface area (Å²) in [5.41, 5.74) is 2.77. The van der Waals surface area contributed by atoms with Crippen molar-refractivity contribution in [2.45, 2.75) is 39.7 Å². The van der Waals surface area contributed by atoms with Gasteiger partial charge in [-0.2, -0.15) is 0 Å². The standard InChI is InChI=1S/C9H18N2/c1-4-5-6-9(11-10)7-8(2)3/h8-9,11H,6-7,10H2,1-3H3. The summed E-state index contributed by atoms with van der Waals surface area (Å²) < 4.78 is 0. The summed E-state index contributed by atoms with van der Waals surface area (Å²) in [6.45, 7) is 6.22. The van der Waals surface area contributed by atoms with Crippen LogP contribution in [0.2, 0.25) is 0 Å². The van der Waals surface area contributed by atoms with E-state index in [9.17, 15) is 0 Å². The van der Waals surface area contributed by atoms with Gasteiger partial charge < -0.3 is 0 Å². The van der Waals surface area contributed by atoms with Crippen LogP contribution < -0.4 is 11.3 Å². The van der Waals surface area contributed by atoms with E-state index in [2.05, 4.69) is 31.1 Å². The Morgan fingerprint density at radius 1 is 1.45 bits per heavy atom. The third kappa shape index (κ3) is 5.90. The molecule has 1 unspecified atom stereocenters. The maximum absolute atomic E-state index is 5.34. The Morgan fingerprint density at radius 3 is 2.45 bits per heavy atom.